The molecule has 32 heavy (non-hydrogen) atoms. The summed E-state index contributed by atoms with van der Waals surface area (Å²) in [6.45, 7) is 7.27. The van der Waals surface area contributed by atoms with Crippen molar-refractivity contribution in [2.75, 3.05) is 7.05 Å². The molecule has 7 heteroatoms. The van der Waals surface area contributed by atoms with Crippen LogP contribution in [0.5, 0.6) is 5.75 Å². The Morgan fingerprint density at radius 2 is 1.91 bits per heavy atom. The molecule has 2 atom stereocenters. The molecule has 6 nitrogen and oxygen atoms in total. The van der Waals surface area contributed by atoms with E-state index in [0.717, 1.165) is 16.7 Å². The van der Waals surface area contributed by atoms with E-state index in [1.54, 1.807) is 31.3 Å². The Bertz CT molecular complexity index is 1310. The van der Waals surface area contributed by atoms with Crippen molar-refractivity contribution in [1.29, 1.82) is 0 Å². The van der Waals surface area contributed by atoms with Gasteiger partial charge in [0.1, 0.15) is 17.7 Å². The van der Waals surface area contributed by atoms with Gasteiger partial charge in [-0.15, -0.1) is 0 Å². The number of hydrogen-bond acceptors (Lipinski definition) is 4. The predicted octanol–water partition coefficient (Wildman–Crippen LogP) is 4.55. The first-order valence-electron chi connectivity index (χ1n) is 10.1. The first-order valence-corrected chi connectivity index (χ1v) is 10.1. The van der Waals surface area contributed by atoms with E-state index in [1.807, 2.05) is 30.3 Å². The summed E-state index contributed by atoms with van der Waals surface area (Å²) in [5, 5.41) is 0. The number of fused-ring (bicyclic) bond motifs is 2. The molecule has 0 bridgehead atoms. The van der Waals surface area contributed by atoms with Crippen molar-refractivity contribution in [3.8, 4) is 16.9 Å². The van der Waals surface area contributed by atoms with Gasteiger partial charge in [-0.3, -0.25) is 9.69 Å². The van der Waals surface area contributed by atoms with Crippen molar-refractivity contribution in [3.63, 3.8) is 0 Å². The number of hydrogen-bond donors (Lipinski definition) is 1. The Morgan fingerprint density at radius 3 is 2.59 bits per heavy atom. The van der Waals surface area contributed by atoms with Gasteiger partial charge >= 0.3 is 0 Å². The van der Waals surface area contributed by atoms with Gasteiger partial charge in [0.15, 0.2) is 17.2 Å². The summed E-state index contributed by atoms with van der Waals surface area (Å²) in [4.78, 5) is 22.9. The first-order chi connectivity index (χ1) is 15.4. The number of aliphatic imine (C=N–C) groups is 1. The number of carbonyl (C=O) groups excluding carboxylic acids is 1. The fourth-order valence-corrected chi connectivity index (χ4v) is 4.34. The smallest absolute Gasteiger partial charge is 0.261 e. The molecule has 0 radical (unpaired) electrons. The zero-order chi connectivity index (χ0) is 22.5. The van der Waals surface area contributed by atoms with Crippen LogP contribution in [0.15, 0.2) is 71.7 Å². The number of likely N-dealkylation sites (N-methyl/N-ethyl adjacent to an activating group) is 1. The summed E-state index contributed by atoms with van der Waals surface area (Å²) in [5.74, 6) is 0.0839. The molecule has 1 amide bonds. The number of halogens is 1. The van der Waals surface area contributed by atoms with Crippen LogP contribution in [0.3, 0.4) is 0 Å². The van der Waals surface area contributed by atoms with Crippen LogP contribution in [0.4, 0.5) is 10.1 Å². The molecule has 3 aromatic carbocycles. The molecule has 3 aromatic rings. The molecule has 2 aliphatic heterocycles. The van der Waals surface area contributed by atoms with Gasteiger partial charge in [-0.1, -0.05) is 36.4 Å². The molecule has 0 aromatic heterocycles. The number of guanidine groups is 1. The minimum Gasteiger partial charge on any atom is -0.485 e. The third kappa shape index (κ3) is 3.00. The van der Waals surface area contributed by atoms with Gasteiger partial charge in [0.2, 0.25) is 0 Å². The highest BCUT2D eigenvalue weighted by Crippen LogP contribution is 2.50. The van der Waals surface area contributed by atoms with E-state index in [9.17, 15) is 9.18 Å². The fourth-order valence-electron chi connectivity index (χ4n) is 4.34. The van der Waals surface area contributed by atoms with Crippen LogP contribution in [0, 0.1) is 12.4 Å². The van der Waals surface area contributed by atoms with Crippen LogP contribution in [0.25, 0.3) is 16.0 Å². The second-order valence-corrected chi connectivity index (χ2v) is 7.93. The minimum absolute atomic E-state index is 0.140. The molecule has 0 aliphatic carbocycles. The summed E-state index contributed by atoms with van der Waals surface area (Å²) >= 11 is 0. The predicted molar refractivity (Wildman–Crippen MR) is 119 cm³/mol. The van der Waals surface area contributed by atoms with E-state index in [0.29, 0.717) is 17.0 Å². The van der Waals surface area contributed by atoms with Crippen molar-refractivity contribution < 1.29 is 13.9 Å². The van der Waals surface area contributed by atoms with Gasteiger partial charge in [0.25, 0.3) is 5.91 Å². The fraction of sp³-hybridized carbons (Fsp3) is 0.160. The molecule has 2 aliphatic rings. The van der Waals surface area contributed by atoms with Gasteiger partial charge in [-0.25, -0.2) is 14.2 Å². The van der Waals surface area contributed by atoms with Crippen LogP contribution in [-0.4, -0.2) is 23.8 Å². The Morgan fingerprint density at radius 1 is 1.16 bits per heavy atom. The minimum atomic E-state index is -1.24. The Kier molecular flexibility index (Phi) is 4.45. The van der Waals surface area contributed by atoms with E-state index in [2.05, 4.69) is 9.84 Å². The quantitative estimate of drug-likeness (QED) is 0.611. The molecule has 0 saturated carbocycles. The second kappa shape index (κ2) is 7.20. The van der Waals surface area contributed by atoms with E-state index >= 15 is 0 Å². The van der Waals surface area contributed by atoms with Gasteiger partial charge in [-0.2, -0.15) is 0 Å². The second-order valence-electron chi connectivity index (χ2n) is 7.93. The average Bonchev–Trinajstić information content (AvgIpc) is 3.03. The highest BCUT2D eigenvalue weighted by atomic mass is 19.1. The van der Waals surface area contributed by atoms with Crippen molar-refractivity contribution >= 4 is 17.6 Å². The monoisotopic (exact) mass is 426 g/mol. The maximum Gasteiger partial charge on any atom is 0.261 e. The summed E-state index contributed by atoms with van der Waals surface area (Å²) in [6, 6.07) is 18.9. The number of carbonyl (C=O) groups is 1. The number of benzene rings is 3. The van der Waals surface area contributed by atoms with Gasteiger partial charge in [0, 0.05) is 19.0 Å². The van der Waals surface area contributed by atoms with Gasteiger partial charge in [0.05, 0.1) is 6.57 Å². The lowest BCUT2D eigenvalue weighted by atomic mass is 9.79. The Balaban J connectivity index is 1.66. The third-order valence-electron chi connectivity index (χ3n) is 6.03. The maximum atomic E-state index is 13.5. The number of nitrogens with two attached hydrogens (primary N) is 1. The third-order valence-corrected chi connectivity index (χ3v) is 6.03. The summed E-state index contributed by atoms with van der Waals surface area (Å²) < 4.78 is 19.7. The molecule has 5 rings (SSSR count). The largest absolute Gasteiger partial charge is 0.485 e. The zero-order valence-electron chi connectivity index (χ0n) is 17.2. The maximum absolute atomic E-state index is 13.5. The van der Waals surface area contributed by atoms with Gasteiger partial charge < -0.3 is 10.5 Å². The van der Waals surface area contributed by atoms with Crippen molar-refractivity contribution in [2.45, 2.75) is 18.1 Å². The van der Waals surface area contributed by atoms with E-state index in [4.69, 9.17) is 17.0 Å². The Labute approximate surface area is 184 Å². The lowest BCUT2D eigenvalue weighted by molar-refractivity contribution is -0.132. The molecule has 2 heterocycles. The van der Waals surface area contributed by atoms with Crippen LogP contribution < -0.4 is 10.5 Å². The van der Waals surface area contributed by atoms with Crippen molar-refractivity contribution in [3.05, 3.63) is 95.1 Å². The number of amides is 1. The summed E-state index contributed by atoms with van der Waals surface area (Å²) in [6.07, 6.45) is -0.257. The highest BCUT2D eigenvalue weighted by molar-refractivity contribution is 6.07. The lowest BCUT2D eigenvalue weighted by Crippen LogP contribution is -2.43. The number of rotatable bonds is 2. The standard InChI is InChI=1S/C25H19FN4O2/c1-28-19-5-3-4-16(12-19)17-8-11-21-20(13-17)25(23(31)30(2)24(27)29-25)14-22(32-21)15-6-9-18(26)10-7-15/h3-13,22H,14H2,2H3,(H2,27,29)/t22-,25+/m0/s1. The van der Waals surface area contributed by atoms with Gasteiger partial charge in [-0.05, 0) is 47.0 Å². The molecule has 2 N–H and O–H groups in total. The van der Waals surface area contributed by atoms with E-state index in [-0.39, 0.29) is 24.1 Å². The van der Waals surface area contributed by atoms with Crippen LogP contribution in [0.1, 0.15) is 23.7 Å². The van der Waals surface area contributed by atoms with Crippen LogP contribution >= 0.6 is 0 Å². The molecule has 0 fully saturated rings. The van der Waals surface area contributed by atoms with E-state index in [1.165, 1.54) is 17.0 Å². The SMILES string of the molecule is [C-]#[N+]c1cccc(-c2ccc3c(c2)[C@@]2(C[C@@H](c4ccc(F)cc4)O3)N=C(N)N(C)C2=O)c1. The highest BCUT2D eigenvalue weighted by Gasteiger charge is 2.53. The molecular formula is C25H19FN4O2. The lowest BCUT2D eigenvalue weighted by Gasteiger charge is -2.37. The summed E-state index contributed by atoms with van der Waals surface area (Å²) in [5.41, 5.74) is 8.42. The zero-order valence-corrected chi connectivity index (χ0v) is 17.2. The number of nitrogens with zero attached hydrogens (tertiary/aromatic N) is 3. The first kappa shape index (κ1) is 19.8. The molecule has 1 spiro atoms. The van der Waals surface area contributed by atoms with E-state index < -0.39 is 11.6 Å². The average molecular weight is 426 g/mol. The normalized spacial score (nSPS) is 21.7. The van der Waals surface area contributed by atoms with Crippen molar-refractivity contribution in [2.24, 2.45) is 10.7 Å². The molecule has 158 valence electrons. The topological polar surface area (TPSA) is 72.3 Å². The number of ether oxygens (including phenoxy) is 1. The Hall–Kier alpha value is -4.18. The van der Waals surface area contributed by atoms with Crippen molar-refractivity contribution in [1.82, 2.24) is 4.90 Å². The molecule has 0 unspecified atom stereocenters. The molecular weight excluding hydrogens is 407 g/mol. The van der Waals surface area contributed by atoms with Crippen LogP contribution in [-0.2, 0) is 10.3 Å². The van der Waals surface area contributed by atoms with Crippen LogP contribution in [0.2, 0.25) is 0 Å². The summed E-state index contributed by atoms with van der Waals surface area (Å²) in [7, 11) is 1.60. The molecule has 0 saturated heterocycles.